The quantitative estimate of drug-likeness (QED) is 0.0913. The number of carbonyl (C=O) groups excluding carboxylic acids is 3. The molecular weight excluding hydrogens is 781 g/mol. The lowest BCUT2D eigenvalue weighted by molar-refractivity contribution is -0.140. The Morgan fingerprint density at radius 1 is 0.742 bits per heavy atom. The molecule has 62 heavy (non-hydrogen) atoms. The highest BCUT2D eigenvalue weighted by Crippen LogP contribution is 2.39. The lowest BCUT2D eigenvalue weighted by Crippen LogP contribution is -2.59. The molecule has 4 heterocycles. The summed E-state index contributed by atoms with van der Waals surface area (Å²) in [5.74, 6) is 1.42. The predicted molar refractivity (Wildman–Crippen MR) is 238 cm³/mol. The Hall–Kier alpha value is -6.31. The minimum Gasteiger partial charge on any atom is -0.453 e. The van der Waals surface area contributed by atoms with Crippen LogP contribution < -0.4 is 10.6 Å². The molecule has 0 unspecified atom stereocenters. The molecule has 0 saturated carbocycles. The lowest BCUT2D eigenvalue weighted by atomic mass is 9.93. The molecule has 320 valence electrons. The fourth-order valence-electron chi connectivity index (χ4n) is 9.68. The van der Waals surface area contributed by atoms with Gasteiger partial charge in [0.1, 0.15) is 23.2 Å². The van der Waals surface area contributed by atoms with Crippen molar-refractivity contribution in [1.82, 2.24) is 40.4 Å². The molecule has 9 rings (SSSR count). The topological polar surface area (TPSA) is 158 Å². The number of imidazole rings is 2. The van der Waals surface area contributed by atoms with Crippen molar-refractivity contribution in [3.8, 4) is 33.6 Å². The summed E-state index contributed by atoms with van der Waals surface area (Å²) in [6.45, 7) is 5.42. The number of nitrogens with one attached hydrogen (secondary N) is 4. The molecule has 3 amide bonds. The summed E-state index contributed by atoms with van der Waals surface area (Å²) in [7, 11) is 2.95. The molecule has 1 aliphatic carbocycles. The zero-order valence-corrected chi connectivity index (χ0v) is 35.7. The molecule has 2 aliphatic heterocycles. The number of likely N-dealkylation sites (tertiary alicyclic amines) is 2. The summed E-state index contributed by atoms with van der Waals surface area (Å²) in [6.07, 6.45) is 7.80. The van der Waals surface area contributed by atoms with Crippen molar-refractivity contribution in [3.63, 3.8) is 0 Å². The van der Waals surface area contributed by atoms with Gasteiger partial charge in [-0.2, -0.15) is 0 Å². The third-order valence-electron chi connectivity index (χ3n) is 13.0. The number of fused-ring (bicyclic) bond motifs is 2. The molecule has 2 aromatic heterocycles. The van der Waals surface area contributed by atoms with E-state index in [4.69, 9.17) is 19.4 Å². The fourth-order valence-corrected chi connectivity index (χ4v) is 9.68. The first kappa shape index (κ1) is 41.1. The van der Waals surface area contributed by atoms with Gasteiger partial charge in [-0.1, -0.05) is 86.6 Å². The van der Waals surface area contributed by atoms with Crippen LogP contribution in [0.2, 0.25) is 0 Å². The van der Waals surface area contributed by atoms with E-state index in [2.05, 4.69) is 93.4 Å². The number of alkyl carbamates (subject to hydrolysis) is 1. The van der Waals surface area contributed by atoms with Gasteiger partial charge in [0.15, 0.2) is 0 Å². The van der Waals surface area contributed by atoms with E-state index in [0.717, 1.165) is 81.7 Å². The number of hydrogen-bond acceptors (Lipinski definition) is 8. The second-order valence-electron chi connectivity index (χ2n) is 17.2. The summed E-state index contributed by atoms with van der Waals surface area (Å²) < 4.78 is 10.2. The van der Waals surface area contributed by atoms with Gasteiger partial charge in [-0.3, -0.25) is 14.9 Å². The average Bonchev–Trinajstić information content (AvgIpc) is 4.16. The van der Waals surface area contributed by atoms with E-state index in [0.29, 0.717) is 32.7 Å². The van der Waals surface area contributed by atoms with Crippen molar-refractivity contribution in [2.45, 2.75) is 76.0 Å². The zero-order chi connectivity index (χ0) is 43.0. The Morgan fingerprint density at radius 3 is 1.90 bits per heavy atom. The van der Waals surface area contributed by atoms with Crippen molar-refractivity contribution >= 4 is 28.7 Å². The Labute approximate surface area is 361 Å². The highest BCUT2D eigenvalue weighted by Gasteiger charge is 2.48. The van der Waals surface area contributed by atoms with Crippen molar-refractivity contribution in [3.05, 3.63) is 120 Å². The summed E-state index contributed by atoms with van der Waals surface area (Å²) >= 11 is 0. The minimum atomic E-state index is -0.740. The molecule has 3 aliphatic rings. The average molecular weight is 835 g/mol. The zero-order valence-electron chi connectivity index (χ0n) is 35.7. The van der Waals surface area contributed by atoms with Crippen LogP contribution in [0.5, 0.6) is 0 Å². The number of methoxy groups -OCH3 is 2. The van der Waals surface area contributed by atoms with Gasteiger partial charge in [-0.15, -0.1) is 0 Å². The van der Waals surface area contributed by atoms with Crippen LogP contribution in [-0.2, 0) is 31.9 Å². The van der Waals surface area contributed by atoms with E-state index in [-0.39, 0.29) is 29.8 Å². The Balaban J connectivity index is 0.872. The van der Waals surface area contributed by atoms with Gasteiger partial charge in [0.25, 0.3) is 0 Å². The molecule has 0 spiro atoms. The van der Waals surface area contributed by atoms with Gasteiger partial charge in [-0.25, -0.2) is 14.8 Å². The second-order valence-corrected chi connectivity index (χ2v) is 17.2. The van der Waals surface area contributed by atoms with E-state index in [1.54, 1.807) is 7.11 Å². The maximum Gasteiger partial charge on any atom is 0.407 e. The molecule has 13 nitrogen and oxygen atoms in total. The van der Waals surface area contributed by atoms with Gasteiger partial charge in [0, 0.05) is 38.6 Å². The van der Waals surface area contributed by atoms with Crippen molar-refractivity contribution in [2.75, 3.05) is 34.0 Å². The maximum absolute atomic E-state index is 14.4. The van der Waals surface area contributed by atoms with Crippen molar-refractivity contribution in [1.29, 1.82) is 0 Å². The van der Waals surface area contributed by atoms with E-state index in [1.807, 2.05) is 48.2 Å². The van der Waals surface area contributed by atoms with Crippen LogP contribution in [0.3, 0.4) is 0 Å². The number of hydrogen-bond donors (Lipinski definition) is 4. The van der Waals surface area contributed by atoms with E-state index >= 15 is 0 Å². The molecule has 0 bridgehead atoms. The molecule has 4 N–H and O–H groups in total. The number of amides is 3. The predicted octanol–water partition coefficient (Wildman–Crippen LogP) is 7.73. The lowest BCUT2D eigenvalue weighted by Gasteiger charge is -2.35. The van der Waals surface area contributed by atoms with E-state index in [1.165, 1.54) is 18.2 Å². The third-order valence-corrected chi connectivity index (χ3v) is 13.0. The van der Waals surface area contributed by atoms with E-state index in [9.17, 15) is 14.4 Å². The van der Waals surface area contributed by atoms with Crippen LogP contribution >= 0.6 is 0 Å². The van der Waals surface area contributed by atoms with Gasteiger partial charge < -0.3 is 34.6 Å². The molecule has 2 fully saturated rings. The van der Waals surface area contributed by atoms with Crippen LogP contribution in [-0.4, -0.2) is 93.3 Å². The Morgan fingerprint density at radius 2 is 1.29 bits per heavy atom. The Bertz CT molecular complexity index is 2570. The SMILES string of the molecule is COCNC1(C(=O)N2CCC[C@H]2c2ncc(-c3ccc(-c4ccc5cc(-c6cnc([C@@H]7CCCN7C(=O)[C@@H](NC(=O)OC)C(C)C)[nH]6)ccc5c4)cc3)[nH]2)Cc2ccccc2C1. The monoisotopic (exact) mass is 834 g/mol. The maximum atomic E-state index is 14.4. The number of aromatic nitrogens is 4. The third kappa shape index (κ3) is 7.86. The van der Waals surface area contributed by atoms with Crippen molar-refractivity contribution in [2.24, 2.45) is 5.92 Å². The second kappa shape index (κ2) is 17.2. The normalized spacial score (nSPS) is 18.7. The first-order valence-corrected chi connectivity index (χ1v) is 21.7. The first-order chi connectivity index (χ1) is 30.1. The molecule has 6 aromatic rings. The molecule has 0 radical (unpaired) electrons. The van der Waals surface area contributed by atoms with Gasteiger partial charge >= 0.3 is 6.09 Å². The van der Waals surface area contributed by atoms with Crippen LogP contribution in [0.15, 0.2) is 97.3 Å². The number of ether oxygens (including phenoxy) is 2. The standard InChI is InChI=1S/C49H54N8O5/c1-30(2)43(55-48(60)62-4)46(58)56-21-7-11-41(56)44-51-28-40(54-44)36-20-19-34-23-33(17-18-35(34)24-36)31-13-15-32(16-14-31)39-27-50-45(53-39)42-12-8-22-57(42)47(59)49(52-29-61-3)25-37-9-5-6-10-38(37)26-49/h5-6,9-10,13-20,23-24,27-28,30,41-43,52H,7-8,11-12,21-22,25-26,29H2,1-4H3,(H,50,53)(H,51,54)(H,55,60)/t41-,42-,43-/m0/s1. The van der Waals surface area contributed by atoms with Gasteiger partial charge in [-0.05, 0) is 82.3 Å². The molecular formula is C49H54N8O5. The fraction of sp³-hybridized carbons (Fsp3) is 0.367. The summed E-state index contributed by atoms with van der Waals surface area (Å²) in [5, 5.41) is 8.40. The number of aromatic amines is 2. The highest BCUT2D eigenvalue weighted by atomic mass is 16.5. The van der Waals surface area contributed by atoms with Gasteiger partial charge in [0.2, 0.25) is 11.8 Å². The number of nitrogens with zero attached hydrogens (tertiary/aromatic N) is 4. The van der Waals surface area contributed by atoms with Crippen LogP contribution in [0.25, 0.3) is 44.4 Å². The molecule has 3 atom stereocenters. The van der Waals surface area contributed by atoms with Crippen LogP contribution in [0.4, 0.5) is 4.79 Å². The Kier molecular flexibility index (Phi) is 11.4. The summed E-state index contributed by atoms with van der Waals surface area (Å²) in [5.41, 5.74) is 7.73. The number of H-pyrrole nitrogens is 2. The summed E-state index contributed by atoms with van der Waals surface area (Å²) in [6, 6.07) is 28.7. The summed E-state index contributed by atoms with van der Waals surface area (Å²) in [4.78, 5) is 60.5. The minimum absolute atomic E-state index is 0.100. The molecule has 2 saturated heterocycles. The van der Waals surface area contributed by atoms with Crippen LogP contribution in [0, 0.1) is 5.92 Å². The first-order valence-electron chi connectivity index (χ1n) is 21.7. The smallest absolute Gasteiger partial charge is 0.407 e. The molecule has 4 aromatic carbocycles. The molecule has 13 heteroatoms. The van der Waals surface area contributed by atoms with Gasteiger partial charge in [0.05, 0.1) is 49.7 Å². The highest BCUT2D eigenvalue weighted by molar-refractivity contribution is 5.91. The largest absolute Gasteiger partial charge is 0.453 e. The van der Waals surface area contributed by atoms with Crippen LogP contribution in [0.1, 0.15) is 74.4 Å². The van der Waals surface area contributed by atoms with Crippen molar-refractivity contribution < 1.29 is 23.9 Å². The van der Waals surface area contributed by atoms with E-state index < -0.39 is 17.7 Å². The number of carbonyl (C=O) groups is 3. The number of rotatable bonds is 12. The number of benzene rings is 4.